The first-order chi connectivity index (χ1) is 6.77. The average molecular weight is 200 g/mol. The Bertz CT molecular complexity index is 125. The molecule has 0 spiro atoms. The summed E-state index contributed by atoms with van der Waals surface area (Å²) in [5, 5.41) is 9.72. The van der Waals surface area contributed by atoms with E-state index in [4.69, 9.17) is 0 Å². The Morgan fingerprint density at radius 3 is 2.14 bits per heavy atom. The van der Waals surface area contributed by atoms with Gasteiger partial charge in [-0.25, -0.2) is 0 Å². The molecule has 0 bridgehead atoms. The predicted octanol–water partition coefficient (Wildman–Crippen LogP) is -0.540. The lowest BCUT2D eigenvalue weighted by Crippen LogP contribution is -2.34. The van der Waals surface area contributed by atoms with E-state index in [0.717, 1.165) is 39.3 Å². The molecule has 0 aliphatic rings. The molecule has 84 valence electrons. The highest BCUT2D eigenvalue weighted by Crippen LogP contribution is 1.69. The molecule has 0 saturated carbocycles. The lowest BCUT2D eigenvalue weighted by Gasteiger charge is -2.10. The number of likely N-dealkylation sites (N-methyl/N-ethyl adjacent to an activating group) is 1. The molecule has 0 rings (SSSR count). The van der Waals surface area contributed by atoms with Gasteiger partial charge in [-0.1, -0.05) is 6.58 Å². The summed E-state index contributed by atoms with van der Waals surface area (Å²) in [5.74, 6) is 0. The first-order valence-electron chi connectivity index (χ1n) is 5.18. The summed E-state index contributed by atoms with van der Waals surface area (Å²) in [6.07, 6.45) is 1.72. The normalized spacial score (nSPS) is 10.5. The first-order valence-corrected chi connectivity index (χ1v) is 5.18. The lowest BCUT2D eigenvalue weighted by molar-refractivity contribution is 0.400. The predicted molar refractivity (Wildman–Crippen MR) is 62.5 cm³/mol. The van der Waals surface area contributed by atoms with Crippen LogP contribution in [0.25, 0.3) is 0 Å². The number of nitrogens with zero attached hydrogens (tertiary/aromatic N) is 1. The molecule has 0 aromatic heterocycles. The smallest absolute Gasteiger partial charge is 0.0266 e. The zero-order valence-corrected chi connectivity index (χ0v) is 9.47. The largest absolute Gasteiger partial charge is 0.390 e. The van der Waals surface area contributed by atoms with E-state index < -0.39 is 0 Å². The molecule has 0 aliphatic carbocycles. The second-order valence-corrected chi connectivity index (χ2v) is 3.46. The molecule has 0 saturated heterocycles. The van der Waals surface area contributed by atoms with Crippen LogP contribution in [0.3, 0.4) is 0 Å². The van der Waals surface area contributed by atoms with Crippen molar-refractivity contribution in [1.82, 2.24) is 20.9 Å². The van der Waals surface area contributed by atoms with E-state index in [2.05, 4.69) is 41.5 Å². The molecule has 0 amide bonds. The molecule has 14 heavy (non-hydrogen) atoms. The maximum atomic E-state index is 3.58. The minimum absolute atomic E-state index is 0.946. The summed E-state index contributed by atoms with van der Waals surface area (Å²) in [6, 6.07) is 0. The fraction of sp³-hybridized carbons (Fsp3) is 0.800. The first kappa shape index (κ1) is 13.4. The number of rotatable bonds is 10. The van der Waals surface area contributed by atoms with Crippen molar-refractivity contribution in [2.45, 2.75) is 0 Å². The zero-order valence-electron chi connectivity index (χ0n) is 9.47. The topological polar surface area (TPSA) is 39.3 Å². The van der Waals surface area contributed by atoms with Crippen LogP contribution in [-0.4, -0.2) is 58.3 Å². The Hall–Kier alpha value is -0.580. The quantitative estimate of drug-likeness (QED) is 0.414. The molecule has 3 N–H and O–H groups in total. The van der Waals surface area contributed by atoms with Gasteiger partial charge in [0.05, 0.1) is 0 Å². The Morgan fingerprint density at radius 1 is 1.00 bits per heavy atom. The molecule has 0 aromatic carbocycles. The number of hydrogen-bond acceptors (Lipinski definition) is 4. The standard InChI is InChI=1S/C10H24N4/c1-4-11-5-6-12-7-8-13-9-10-14(2)3/h4,11-13H,1,5-10H2,2-3H3. The Morgan fingerprint density at radius 2 is 1.57 bits per heavy atom. The van der Waals surface area contributed by atoms with Crippen LogP contribution in [-0.2, 0) is 0 Å². The van der Waals surface area contributed by atoms with Gasteiger partial charge in [0, 0.05) is 39.3 Å². The van der Waals surface area contributed by atoms with E-state index in [0.29, 0.717) is 0 Å². The third-order valence-electron chi connectivity index (χ3n) is 1.80. The van der Waals surface area contributed by atoms with E-state index in [1.807, 2.05) is 0 Å². The van der Waals surface area contributed by atoms with Crippen molar-refractivity contribution in [2.75, 3.05) is 53.4 Å². The van der Waals surface area contributed by atoms with Crippen LogP contribution in [0, 0.1) is 0 Å². The molecule has 4 nitrogen and oxygen atoms in total. The average Bonchev–Trinajstić information content (AvgIpc) is 2.15. The van der Waals surface area contributed by atoms with Gasteiger partial charge in [-0.05, 0) is 20.3 Å². The molecule has 0 aromatic rings. The van der Waals surface area contributed by atoms with E-state index >= 15 is 0 Å². The van der Waals surface area contributed by atoms with Crippen molar-refractivity contribution < 1.29 is 0 Å². The molecular formula is C10H24N4. The molecule has 0 heterocycles. The van der Waals surface area contributed by atoms with Crippen LogP contribution < -0.4 is 16.0 Å². The third-order valence-corrected chi connectivity index (χ3v) is 1.80. The van der Waals surface area contributed by atoms with Gasteiger partial charge in [0.25, 0.3) is 0 Å². The van der Waals surface area contributed by atoms with E-state index in [-0.39, 0.29) is 0 Å². The summed E-state index contributed by atoms with van der Waals surface area (Å²) >= 11 is 0. The highest BCUT2D eigenvalue weighted by molar-refractivity contribution is 4.63. The molecule has 0 atom stereocenters. The highest BCUT2D eigenvalue weighted by atomic mass is 15.1. The fourth-order valence-corrected chi connectivity index (χ4v) is 0.992. The summed E-state index contributed by atoms with van der Waals surface area (Å²) in [5.41, 5.74) is 0. The van der Waals surface area contributed by atoms with Crippen LogP contribution in [0.5, 0.6) is 0 Å². The highest BCUT2D eigenvalue weighted by Gasteiger charge is 1.89. The van der Waals surface area contributed by atoms with Gasteiger partial charge >= 0.3 is 0 Å². The molecule has 0 fully saturated rings. The minimum atomic E-state index is 0.946. The summed E-state index contributed by atoms with van der Waals surface area (Å²) in [6.45, 7) is 9.71. The monoisotopic (exact) mass is 200 g/mol. The van der Waals surface area contributed by atoms with E-state index in [1.165, 1.54) is 0 Å². The van der Waals surface area contributed by atoms with Crippen molar-refractivity contribution in [1.29, 1.82) is 0 Å². The van der Waals surface area contributed by atoms with Crippen LogP contribution in [0.4, 0.5) is 0 Å². The Kier molecular flexibility index (Phi) is 10.1. The van der Waals surface area contributed by atoms with Gasteiger partial charge in [-0.2, -0.15) is 0 Å². The Balaban J connectivity index is 2.88. The van der Waals surface area contributed by atoms with Crippen LogP contribution in [0.2, 0.25) is 0 Å². The summed E-state index contributed by atoms with van der Waals surface area (Å²) in [7, 11) is 4.17. The van der Waals surface area contributed by atoms with Crippen molar-refractivity contribution in [3.05, 3.63) is 12.8 Å². The second-order valence-electron chi connectivity index (χ2n) is 3.46. The van der Waals surface area contributed by atoms with Crippen molar-refractivity contribution in [3.8, 4) is 0 Å². The number of hydrogen-bond donors (Lipinski definition) is 3. The van der Waals surface area contributed by atoms with Crippen molar-refractivity contribution >= 4 is 0 Å². The molecule has 0 aliphatic heterocycles. The summed E-state index contributed by atoms with van der Waals surface area (Å²) < 4.78 is 0. The van der Waals surface area contributed by atoms with E-state index in [1.54, 1.807) is 6.20 Å². The number of nitrogens with one attached hydrogen (secondary N) is 3. The fourth-order valence-electron chi connectivity index (χ4n) is 0.992. The second kappa shape index (κ2) is 10.5. The van der Waals surface area contributed by atoms with Crippen LogP contribution in [0.1, 0.15) is 0 Å². The molecule has 0 radical (unpaired) electrons. The van der Waals surface area contributed by atoms with Gasteiger partial charge in [0.2, 0.25) is 0 Å². The van der Waals surface area contributed by atoms with E-state index in [9.17, 15) is 0 Å². The molecule has 0 unspecified atom stereocenters. The van der Waals surface area contributed by atoms with Gasteiger partial charge < -0.3 is 20.9 Å². The van der Waals surface area contributed by atoms with Crippen molar-refractivity contribution in [2.24, 2.45) is 0 Å². The minimum Gasteiger partial charge on any atom is -0.390 e. The summed E-state index contributed by atoms with van der Waals surface area (Å²) in [4.78, 5) is 2.18. The third kappa shape index (κ3) is 11.4. The van der Waals surface area contributed by atoms with Gasteiger partial charge in [-0.3, -0.25) is 0 Å². The SMILES string of the molecule is C=CNCCNCCNCCN(C)C. The van der Waals surface area contributed by atoms with Gasteiger partial charge in [-0.15, -0.1) is 0 Å². The molecular weight excluding hydrogens is 176 g/mol. The lowest BCUT2D eigenvalue weighted by atomic mass is 10.5. The van der Waals surface area contributed by atoms with Crippen LogP contribution in [0.15, 0.2) is 12.8 Å². The van der Waals surface area contributed by atoms with Gasteiger partial charge in [0.1, 0.15) is 0 Å². The van der Waals surface area contributed by atoms with Crippen molar-refractivity contribution in [3.63, 3.8) is 0 Å². The molecule has 4 heteroatoms. The maximum absolute atomic E-state index is 3.58. The zero-order chi connectivity index (χ0) is 10.6. The van der Waals surface area contributed by atoms with Gasteiger partial charge in [0.15, 0.2) is 0 Å². The van der Waals surface area contributed by atoms with Crippen LogP contribution >= 0.6 is 0 Å². The Labute approximate surface area is 87.7 Å². The maximum Gasteiger partial charge on any atom is 0.0266 e.